The third kappa shape index (κ3) is 3.67. The predicted octanol–water partition coefficient (Wildman–Crippen LogP) is 4.32. The first-order valence-corrected chi connectivity index (χ1v) is 8.51. The molecule has 0 saturated carbocycles. The molecule has 1 aliphatic heterocycles. The number of hydrogen-bond donors (Lipinski definition) is 0. The van der Waals surface area contributed by atoms with Gasteiger partial charge in [0, 0.05) is 26.1 Å². The number of likely N-dealkylation sites (tertiary alicyclic amines) is 1. The maximum absolute atomic E-state index is 14.6. The van der Waals surface area contributed by atoms with Gasteiger partial charge in [0.25, 0.3) is 0 Å². The van der Waals surface area contributed by atoms with Crippen LogP contribution in [0, 0.1) is 11.7 Å². The largest absolute Gasteiger partial charge is 0.496 e. The Balaban J connectivity index is 2.34. The summed E-state index contributed by atoms with van der Waals surface area (Å²) in [6.45, 7) is 9.37. The Hall–Kier alpha value is -1.58. The molecule has 1 fully saturated rings. The molecule has 0 aromatic heterocycles. The van der Waals surface area contributed by atoms with Crippen molar-refractivity contribution in [3.63, 3.8) is 0 Å². The van der Waals surface area contributed by atoms with Gasteiger partial charge in [0.05, 0.1) is 7.11 Å². The Labute approximate surface area is 138 Å². The normalized spacial score (nSPS) is 22.8. The zero-order valence-electron chi connectivity index (χ0n) is 14.9. The summed E-state index contributed by atoms with van der Waals surface area (Å²) >= 11 is 0. The average Bonchev–Trinajstić information content (AvgIpc) is 2.54. The molecule has 0 radical (unpaired) electrons. The van der Waals surface area contributed by atoms with E-state index in [0.29, 0.717) is 24.8 Å². The number of halogens is 1. The average molecular weight is 321 g/mol. The second kappa shape index (κ2) is 7.33. The monoisotopic (exact) mass is 321 g/mol. The van der Waals surface area contributed by atoms with Crippen LogP contribution in [-0.4, -0.2) is 31.0 Å². The Morgan fingerprint density at radius 1 is 1.48 bits per heavy atom. The lowest BCUT2D eigenvalue weighted by Gasteiger charge is -2.37. The minimum atomic E-state index is -0.193. The van der Waals surface area contributed by atoms with E-state index in [0.717, 1.165) is 24.0 Å². The first-order valence-electron chi connectivity index (χ1n) is 8.51. The van der Waals surface area contributed by atoms with Gasteiger partial charge in [0.2, 0.25) is 5.91 Å². The number of carbonyl (C=O) groups is 1. The van der Waals surface area contributed by atoms with Gasteiger partial charge in [-0.15, -0.1) is 0 Å². The molecule has 3 nitrogen and oxygen atoms in total. The van der Waals surface area contributed by atoms with E-state index in [1.165, 1.54) is 6.07 Å². The number of carbonyl (C=O) groups excluding carboxylic acids is 1. The molecule has 1 heterocycles. The zero-order chi connectivity index (χ0) is 17.1. The highest BCUT2D eigenvalue weighted by atomic mass is 19.1. The van der Waals surface area contributed by atoms with Gasteiger partial charge in [-0.3, -0.25) is 4.79 Å². The van der Waals surface area contributed by atoms with Crippen LogP contribution in [0.3, 0.4) is 0 Å². The Bertz CT molecular complexity index is 573. The second-order valence-electron chi connectivity index (χ2n) is 6.76. The van der Waals surface area contributed by atoms with Gasteiger partial charge >= 0.3 is 0 Å². The predicted molar refractivity (Wildman–Crippen MR) is 90.4 cm³/mol. The lowest BCUT2D eigenvalue weighted by atomic mass is 9.80. The van der Waals surface area contributed by atoms with Crippen molar-refractivity contribution in [2.45, 2.75) is 52.4 Å². The molecule has 4 heteroatoms. The molecule has 2 rings (SSSR count). The fourth-order valence-corrected chi connectivity index (χ4v) is 3.55. The van der Waals surface area contributed by atoms with E-state index in [2.05, 4.69) is 20.8 Å². The van der Waals surface area contributed by atoms with Crippen molar-refractivity contribution in [1.82, 2.24) is 4.90 Å². The molecule has 0 spiro atoms. The van der Waals surface area contributed by atoms with Crippen LogP contribution in [0.25, 0.3) is 0 Å². The van der Waals surface area contributed by atoms with E-state index in [9.17, 15) is 9.18 Å². The van der Waals surface area contributed by atoms with E-state index >= 15 is 0 Å². The minimum Gasteiger partial charge on any atom is -0.496 e. The number of rotatable bonds is 4. The molecule has 0 N–H and O–H groups in total. The number of hydrogen-bond acceptors (Lipinski definition) is 2. The maximum Gasteiger partial charge on any atom is 0.219 e. The van der Waals surface area contributed by atoms with Crippen LogP contribution in [0.2, 0.25) is 0 Å². The summed E-state index contributed by atoms with van der Waals surface area (Å²) in [5.74, 6) is 1.28. The van der Waals surface area contributed by atoms with Crippen molar-refractivity contribution in [3.8, 4) is 5.75 Å². The van der Waals surface area contributed by atoms with Crippen LogP contribution < -0.4 is 4.74 Å². The smallest absolute Gasteiger partial charge is 0.219 e. The standard InChI is InChI=1S/C19H28FNO2/c1-6-12(2)16-9-17(18(20)10-19(16)23-5)15-7-8-21(14(4)22)11-13(15)3/h9-10,12-13,15H,6-8,11H2,1-5H3. The van der Waals surface area contributed by atoms with E-state index in [1.54, 1.807) is 14.0 Å². The summed E-state index contributed by atoms with van der Waals surface area (Å²) in [7, 11) is 1.59. The van der Waals surface area contributed by atoms with E-state index in [4.69, 9.17) is 4.74 Å². The Morgan fingerprint density at radius 3 is 2.70 bits per heavy atom. The number of ether oxygens (including phenoxy) is 1. The van der Waals surface area contributed by atoms with Gasteiger partial charge in [0.15, 0.2) is 0 Å². The lowest BCUT2D eigenvalue weighted by Crippen LogP contribution is -2.41. The summed E-state index contributed by atoms with van der Waals surface area (Å²) in [6, 6.07) is 3.52. The second-order valence-corrected chi connectivity index (χ2v) is 6.76. The quantitative estimate of drug-likeness (QED) is 0.826. The molecule has 0 aliphatic carbocycles. The number of methoxy groups -OCH3 is 1. The molecule has 1 saturated heterocycles. The molecular formula is C19H28FNO2. The van der Waals surface area contributed by atoms with Crippen LogP contribution in [-0.2, 0) is 4.79 Å². The van der Waals surface area contributed by atoms with Crippen LogP contribution in [0.5, 0.6) is 5.75 Å². The van der Waals surface area contributed by atoms with Crippen LogP contribution in [0.1, 0.15) is 63.5 Å². The van der Waals surface area contributed by atoms with Crippen LogP contribution in [0.15, 0.2) is 12.1 Å². The third-order valence-corrected chi connectivity index (χ3v) is 5.24. The number of benzene rings is 1. The summed E-state index contributed by atoms with van der Waals surface area (Å²) < 4.78 is 20.0. The topological polar surface area (TPSA) is 29.5 Å². The Kier molecular flexibility index (Phi) is 5.66. The number of nitrogens with zero attached hydrogens (tertiary/aromatic N) is 1. The zero-order valence-corrected chi connectivity index (χ0v) is 14.9. The summed E-state index contributed by atoms with van der Waals surface area (Å²) in [4.78, 5) is 13.4. The van der Waals surface area contributed by atoms with Crippen molar-refractivity contribution in [2.75, 3.05) is 20.2 Å². The first kappa shape index (κ1) is 17.8. The van der Waals surface area contributed by atoms with Crippen LogP contribution in [0.4, 0.5) is 4.39 Å². The molecule has 1 aromatic rings. The highest BCUT2D eigenvalue weighted by molar-refractivity contribution is 5.73. The fourth-order valence-electron chi connectivity index (χ4n) is 3.55. The van der Waals surface area contributed by atoms with Crippen LogP contribution >= 0.6 is 0 Å². The van der Waals surface area contributed by atoms with Crippen molar-refractivity contribution >= 4 is 5.91 Å². The van der Waals surface area contributed by atoms with E-state index < -0.39 is 0 Å². The van der Waals surface area contributed by atoms with Gasteiger partial charge in [-0.1, -0.05) is 20.8 Å². The van der Waals surface area contributed by atoms with Crippen molar-refractivity contribution in [1.29, 1.82) is 0 Å². The molecule has 3 unspecified atom stereocenters. The highest BCUT2D eigenvalue weighted by Crippen LogP contribution is 2.39. The van der Waals surface area contributed by atoms with Gasteiger partial charge in [-0.2, -0.15) is 0 Å². The minimum absolute atomic E-state index is 0.103. The molecule has 128 valence electrons. The number of amides is 1. The SMILES string of the molecule is CCC(C)c1cc(C2CCN(C(C)=O)CC2C)c(F)cc1OC. The molecule has 1 aliphatic rings. The third-order valence-electron chi connectivity index (χ3n) is 5.24. The van der Waals surface area contributed by atoms with E-state index in [-0.39, 0.29) is 23.6 Å². The molecular weight excluding hydrogens is 293 g/mol. The highest BCUT2D eigenvalue weighted by Gasteiger charge is 2.31. The van der Waals surface area contributed by atoms with Gasteiger partial charge < -0.3 is 9.64 Å². The van der Waals surface area contributed by atoms with Gasteiger partial charge in [-0.25, -0.2) is 4.39 Å². The lowest BCUT2D eigenvalue weighted by molar-refractivity contribution is -0.130. The summed E-state index contributed by atoms with van der Waals surface area (Å²) in [5.41, 5.74) is 1.85. The fraction of sp³-hybridized carbons (Fsp3) is 0.632. The summed E-state index contributed by atoms with van der Waals surface area (Å²) in [6.07, 6.45) is 1.80. The molecule has 1 amide bonds. The van der Waals surface area contributed by atoms with E-state index in [1.807, 2.05) is 11.0 Å². The summed E-state index contributed by atoms with van der Waals surface area (Å²) in [5, 5.41) is 0. The van der Waals surface area contributed by atoms with Crippen molar-refractivity contribution in [3.05, 3.63) is 29.1 Å². The molecule has 1 aromatic carbocycles. The Morgan fingerprint density at radius 2 is 2.17 bits per heavy atom. The molecule has 3 atom stereocenters. The van der Waals surface area contributed by atoms with Gasteiger partial charge in [-0.05, 0) is 47.8 Å². The molecule has 23 heavy (non-hydrogen) atoms. The first-order chi connectivity index (χ1) is 10.9. The maximum atomic E-state index is 14.6. The van der Waals surface area contributed by atoms with Crippen molar-refractivity contribution in [2.24, 2.45) is 5.92 Å². The molecule has 0 bridgehead atoms. The van der Waals surface area contributed by atoms with Gasteiger partial charge in [0.1, 0.15) is 11.6 Å². The van der Waals surface area contributed by atoms with Crippen molar-refractivity contribution < 1.29 is 13.9 Å². The number of piperidine rings is 1.